The Hall–Kier alpha value is -2.71. The van der Waals surface area contributed by atoms with Crippen molar-refractivity contribution < 1.29 is 8.42 Å². The second-order valence-electron chi connectivity index (χ2n) is 10.2. The van der Waals surface area contributed by atoms with Crippen LogP contribution in [0.15, 0.2) is 42.5 Å². The summed E-state index contributed by atoms with van der Waals surface area (Å²) >= 11 is 0. The third-order valence-electron chi connectivity index (χ3n) is 7.88. The highest BCUT2D eigenvalue weighted by Crippen LogP contribution is 2.39. The lowest BCUT2D eigenvalue weighted by molar-refractivity contribution is 0.248. The summed E-state index contributed by atoms with van der Waals surface area (Å²) in [6.07, 6.45) is 3.50. The number of benzene rings is 2. The van der Waals surface area contributed by atoms with Crippen molar-refractivity contribution in [2.45, 2.75) is 32.7 Å². The van der Waals surface area contributed by atoms with Crippen molar-refractivity contribution in [3.05, 3.63) is 42.5 Å². The number of rotatable bonds is 6. The number of fused-ring (bicyclic) bond motifs is 1. The third-order valence-corrected chi connectivity index (χ3v) is 9.75. The molecule has 1 saturated carbocycles. The molecular formula is C27H35N5O2S. The molecule has 3 aromatic rings. The van der Waals surface area contributed by atoms with Gasteiger partial charge in [-0.15, -0.1) is 0 Å². The summed E-state index contributed by atoms with van der Waals surface area (Å²) in [5.74, 6) is 1.17. The average molecular weight is 494 g/mol. The quantitative estimate of drug-likeness (QED) is 0.562. The largest absolute Gasteiger partial charge is 0.396 e. The highest BCUT2D eigenvalue weighted by atomic mass is 32.2. The van der Waals surface area contributed by atoms with E-state index in [0.717, 1.165) is 72.2 Å². The molecule has 0 unspecified atom stereocenters. The number of sulfonamides is 1. The van der Waals surface area contributed by atoms with Gasteiger partial charge in [0.1, 0.15) is 0 Å². The molecule has 7 nitrogen and oxygen atoms in total. The molecule has 3 fully saturated rings. The van der Waals surface area contributed by atoms with E-state index < -0.39 is 10.0 Å². The van der Waals surface area contributed by atoms with Crippen LogP contribution in [0.25, 0.3) is 22.2 Å². The molecule has 1 aromatic heterocycles. The van der Waals surface area contributed by atoms with Crippen molar-refractivity contribution in [2.75, 3.05) is 60.0 Å². The Labute approximate surface area is 208 Å². The molecule has 35 heavy (non-hydrogen) atoms. The summed E-state index contributed by atoms with van der Waals surface area (Å²) < 4.78 is 28.4. The van der Waals surface area contributed by atoms with Crippen LogP contribution in [0.1, 0.15) is 26.2 Å². The van der Waals surface area contributed by atoms with Gasteiger partial charge in [0.05, 0.1) is 28.3 Å². The van der Waals surface area contributed by atoms with Gasteiger partial charge in [0, 0.05) is 62.5 Å². The first-order valence-electron chi connectivity index (χ1n) is 12.9. The summed E-state index contributed by atoms with van der Waals surface area (Å²) in [6.45, 7) is 9.18. The Morgan fingerprint density at radius 2 is 1.66 bits per heavy atom. The van der Waals surface area contributed by atoms with Gasteiger partial charge in [-0.25, -0.2) is 8.42 Å². The zero-order valence-electron chi connectivity index (χ0n) is 20.5. The molecule has 2 N–H and O–H groups in total. The average Bonchev–Trinajstić information content (AvgIpc) is 3.54. The van der Waals surface area contributed by atoms with Crippen LogP contribution in [0.4, 0.5) is 17.1 Å². The van der Waals surface area contributed by atoms with Crippen molar-refractivity contribution in [1.29, 1.82) is 0 Å². The number of nitrogens with zero attached hydrogens (tertiary/aromatic N) is 4. The Morgan fingerprint density at radius 1 is 0.943 bits per heavy atom. The number of hydrogen-bond acceptors (Lipinski definition) is 5. The first-order valence-corrected chi connectivity index (χ1v) is 14.6. The minimum absolute atomic E-state index is 0.226. The fourth-order valence-electron chi connectivity index (χ4n) is 5.77. The van der Waals surface area contributed by atoms with Crippen LogP contribution in [-0.4, -0.2) is 62.9 Å². The van der Waals surface area contributed by atoms with Gasteiger partial charge < -0.3 is 15.2 Å². The van der Waals surface area contributed by atoms with E-state index in [9.17, 15) is 8.42 Å². The molecule has 6 rings (SSSR count). The van der Waals surface area contributed by atoms with Crippen LogP contribution in [0.3, 0.4) is 0 Å². The normalized spacial score (nSPS) is 20.7. The Balaban J connectivity index is 1.29. The molecule has 0 spiro atoms. The van der Waals surface area contributed by atoms with Gasteiger partial charge in [-0.2, -0.15) is 0 Å². The Morgan fingerprint density at radius 3 is 2.29 bits per heavy atom. The lowest BCUT2D eigenvalue weighted by atomic mass is 10.1. The summed E-state index contributed by atoms with van der Waals surface area (Å²) in [4.78, 5) is 5.12. The molecule has 1 aliphatic carbocycles. The predicted octanol–water partition coefficient (Wildman–Crippen LogP) is 3.98. The van der Waals surface area contributed by atoms with Gasteiger partial charge in [-0.1, -0.05) is 12.1 Å². The fourth-order valence-corrected chi connectivity index (χ4v) is 7.33. The molecule has 2 aliphatic heterocycles. The zero-order chi connectivity index (χ0) is 24.2. The molecule has 0 bridgehead atoms. The Bertz CT molecular complexity index is 1340. The van der Waals surface area contributed by atoms with Crippen LogP contribution in [0.2, 0.25) is 0 Å². The molecule has 0 radical (unpaired) electrons. The number of hydrogen-bond donors (Lipinski definition) is 1. The third kappa shape index (κ3) is 4.16. The standard InChI is InChI=1S/C27H35N5O2S/c1-2-31-25-18-23(30-15-13-29(14-16-30)19-20-4-5-20)10-11-24(25)26(28)27(31)21-6-8-22(9-7-21)32-12-3-17-35(32,33)34/h6-11,18,20H,2-5,12-17,19,28H2,1H3. The highest BCUT2D eigenvalue weighted by Gasteiger charge is 2.29. The Kier molecular flexibility index (Phi) is 5.68. The van der Waals surface area contributed by atoms with E-state index in [1.165, 1.54) is 29.4 Å². The monoisotopic (exact) mass is 493 g/mol. The van der Waals surface area contributed by atoms with Gasteiger partial charge in [0.2, 0.25) is 10.0 Å². The van der Waals surface area contributed by atoms with E-state index in [-0.39, 0.29) is 5.75 Å². The van der Waals surface area contributed by atoms with Crippen LogP contribution in [-0.2, 0) is 16.6 Å². The van der Waals surface area contributed by atoms with E-state index in [4.69, 9.17) is 5.73 Å². The second-order valence-corrected chi connectivity index (χ2v) is 12.2. The van der Waals surface area contributed by atoms with Gasteiger partial charge in [-0.3, -0.25) is 9.21 Å². The molecule has 3 aliphatic rings. The summed E-state index contributed by atoms with van der Waals surface area (Å²) in [5.41, 5.74) is 12.6. The predicted molar refractivity (Wildman–Crippen MR) is 145 cm³/mol. The highest BCUT2D eigenvalue weighted by molar-refractivity contribution is 7.93. The lowest BCUT2D eigenvalue weighted by Crippen LogP contribution is -2.47. The smallest absolute Gasteiger partial charge is 0.235 e. The van der Waals surface area contributed by atoms with Crippen molar-refractivity contribution in [2.24, 2.45) is 5.92 Å². The molecular weight excluding hydrogens is 458 g/mol. The maximum absolute atomic E-state index is 12.3. The molecule has 0 amide bonds. The maximum Gasteiger partial charge on any atom is 0.235 e. The summed E-state index contributed by atoms with van der Waals surface area (Å²) in [7, 11) is -3.19. The van der Waals surface area contributed by atoms with E-state index in [0.29, 0.717) is 13.0 Å². The van der Waals surface area contributed by atoms with Crippen molar-refractivity contribution in [3.8, 4) is 11.3 Å². The molecule has 2 saturated heterocycles. The van der Waals surface area contributed by atoms with Crippen LogP contribution in [0, 0.1) is 5.92 Å². The number of aromatic nitrogens is 1. The first-order chi connectivity index (χ1) is 16.9. The maximum atomic E-state index is 12.3. The molecule has 0 atom stereocenters. The van der Waals surface area contributed by atoms with Gasteiger partial charge in [-0.05, 0) is 62.4 Å². The van der Waals surface area contributed by atoms with Gasteiger partial charge in [0.25, 0.3) is 0 Å². The summed E-state index contributed by atoms with van der Waals surface area (Å²) in [5, 5.41) is 1.07. The fraction of sp³-hybridized carbons (Fsp3) is 0.481. The number of nitrogens with two attached hydrogens (primary N) is 1. The van der Waals surface area contributed by atoms with Crippen LogP contribution >= 0.6 is 0 Å². The molecule has 8 heteroatoms. The minimum atomic E-state index is -3.19. The van der Waals surface area contributed by atoms with Crippen molar-refractivity contribution >= 4 is 38.0 Å². The molecule has 2 aromatic carbocycles. The topological polar surface area (TPSA) is 74.8 Å². The van der Waals surface area contributed by atoms with E-state index in [2.05, 4.69) is 39.5 Å². The van der Waals surface area contributed by atoms with E-state index in [1.807, 2.05) is 24.3 Å². The van der Waals surface area contributed by atoms with Crippen LogP contribution in [0.5, 0.6) is 0 Å². The minimum Gasteiger partial charge on any atom is -0.396 e. The number of anilines is 3. The molecule has 186 valence electrons. The van der Waals surface area contributed by atoms with E-state index in [1.54, 1.807) is 0 Å². The lowest BCUT2D eigenvalue weighted by Gasteiger charge is -2.36. The van der Waals surface area contributed by atoms with E-state index >= 15 is 0 Å². The summed E-state index contributed by atoms with van der Waals surface area (Å²) in [6, 6.07) is 14.5. The second kappa shape index (κ2) is 8.75. The zero-order valence-corrected chi connectivity index (χ0v) is 21.3. The number of aryl methyl sites for hydroxylation is 1. The number of piperazine rings is 1. The van der Waals surface area contributed by atoms with Crippen LogP contribution < -0.4 is 14.9 Å². The number of nitrogen functional groups attached to an aromatic ring is 1. The van der Waals surface area contributed by atoms with Gasteiger partial charge >= 0.3 is 0 Å². The molecule has 3 heterocycles. The van der Waals surface area contributed by atoms with Crippen molar-refractivity contribution in [3.63, 3.8) is 0 Å². The SMILES string of the molecule is CCn1c(-c2ccc(N3CCCS3(=O)=O)cc2)c(N)c2ccc(N3CCN(CC4CC4)CC3)cc21. The first kappa shape index (κ1) is 22.7. The van der Waals surface area contributed by atoms with Gasteiger partial charge in [0.15, 0.2) is 0 Å². The van der Waals surface area contributed by atoms with Crippen molar-refractivity contribution in [1.82, 2.24) is 9.47 Å².